The number of amides is 4. The zero-order valence-electron chi connectivity index (χ0n) is 24.8. The van der Waals surface area contributed by atoms with Gasteiger partial charge in [-0.1, -0.05) is 58.0 Å². The van der Waals surface area contributed by atoms with Crippen LogP contribution in [0.15, 0.2) is 47.4 Å². The lowest BCUT2D eigenvalue weighted by molar-refractivity contribution is -0.124. The number of hydrogen-bond donors (Lipinski definition) is 4. The van der Waals surface area contributed by atoms with Gasteiger partial charge in [0.2, 0.25) is 5.91 Å². The Hall–Kier alpha value is -3.55. The van der Waals surface area contributed by atoms with Gasteiger partial charge in [-0.25, -0.2) is 20.0 Å². The van der Waals surface area contributed by atoms with Gasteiger partial charge in [0.15, 0.2) is 0 Å². The van der Waals surface area contributed by atoms with Crippen molar-refractivity contribution in [1.82, 2.24) is 36.4 Å². The van der Waals surface area contributed by atoms with Crippen LogP contribution in [0.3, 0.4) is 0 Å². The molecule has 0 unspecified atom stereocenters. The summed E-state index contributed by atoms with van der Waals surface area (Å²) in [6, 6.07) is 8.53. The quantitative estimate of drug-likeness (QED) is 0.147. The molecule has 228 valence electrons. The molecule has 0 aliphatic heterocycles. The predicted octanol–water partition coefficient (Wildman–Crippen LogP) is 4.44. The van der Waals surface area contributed by atoms with E-state index in [0.717, 1.165) is 21.1 Å². The number of hydrazine groups is 1. The Balaban J connectivity index is 1.54. The van der Waals surface area contributed by atoms with E-state index in [4.69, 9.17) is 4.74 Å². The highest BCUT2D eigenvalue weighted by atomic mass is 32.1. The normalized spacial score (nSPS) is 12.5. The second kappa shape index (κ2) is 16.8. The summed E-state index contributed by atoms with van der Waals surface area (Å²) in [7, 11) is 1.69. The van der Waals surface area contributed by atoms with Gasteiger partial charge in [-0.3, -0.25) is 15.2 Å². The molecule has 2 heterocycles. The van der Waals surface area contributed by atoms with Gasteiger partial charge in [-0.15, -0.1) is 22.7 Å². The molecule has 0 spiro atoms. The summed E-state index contributed by atoms with van der Waals surface area (Å²) in [5, 5.41) is 9.01. The minimum absolute atomic E-state index is 0.139. The van der Waals surface area contributed by atoms with E-state index in [2.05, 4.69) is 45.3 Å². The maximum atomic E-state index is 13.4. The van der Waals surface area contributed by atoms with E-state index in [0.29, 0.717) is 31.8 Å². The fourth-order valence-electron chi connectivity index (χ4n) is 4.04. The smallest absolute Gasteiger partial charge is 0.421 e. The second-order valence-electron chi connectivity index (χ2n) is 10.6. The summed E-state index contributed by atoms with van der Waals surface area (Å²) >= 11 is 2.99. The maximum absolute atomic E-state index is 13.4. The molecule has 2 aromatic heterocycles. The lowest BCUT2D eigenvalue weighted by Crippen LogP contribution is -2.55. The summed E-state index contributed by atoms with van der Waals surface area (Å²) in [5.41, 5.74) is 8.95. The lowest BCUT2D eigenvalue weighted by Gasteiger charge is -2.27. The first-order valence-electron chi connectivity index (χ1n) is 14.0. The van der Waals surface area contributed by atoms with E-state index < -0.39 is 12.1 Å². The van der Waals surface area contributed by atoms with Gasteiger partial charge >= 0.3 is 12.1 Å². The molecule has 1 aromatic carbocycles. The first-order valence-corrected chi connectivity index (χ1v) is 15.7. The Morgan fingerprint density at radius 2 is 1.81 bits per heavy atom. The zero-order valence-corrected chi connectivity index (χ0v) is 26.4. The molecule has 4 N–H and O–H groups in total. The van der Waals surface area contributed by atoms with E-state index >= 15 is 0 Å². The fourth-order valence-corrected chi connectivity index (χ4v) is 5.37. The third-order valence-corrected chi connectivity index (χ3v) is 8.29. The van der Waals surface area contributed by atoms with Crippen LogP contribution in [0.2, 0.25) is 0 Å². The minimum Gasteiger partial charge on any atom is -0.443 e. The molecular weight excluding hydrogens is 574 g/mol. The molecule has 0 saturated carbocycles. The molecule has 0 radical (unpaired) electrons. The molecule has 2 atom stereocenters. The summed E-state index contributed by atoms with van der Waals surface area (Å²) < 4.78 is 5.16. The minimum atomic E-state index is -0.729. The summed E-state index contributed by atoms with van der Waals surface area (Å²) in [4.78, 5) is 49.4. The SMILES string of the molecule is CC(C)c1nc(CN(C)C(=O)N[C@H](C(=O)N[C@H](CCNNC(=O)OCc2cncs2)Cc2ccccc2)C(C)C)cs1. The molecule has 42 heavy (non-hydrogen) atoms. The Labute approximate surface area is 255 Å². The molecule has 13 heteroatoms. The highest BCUT2D eigenvalue weighted by molar-refractivity contribution is 7.09. The summed E-state index contributed by atoms with van der Waals surface area (Å²) in [5.74, 6) is -0.0743. The number of hydrogen-bond acceptors (Lipinski definition) is 9. The van der Waals surface area contributed by atoms with E-state index in [9.17, 15) is 14.4 Å². The molecule has 11 nitrogen and oxygen atoms in total. The molecule has 0 aliphatic rings. The predicted molar refractivity (Wildman–Crippen MR) is 165 cm³/mol. The topological polar surface area (TPSA) is 138 Å². The van der Waals surface area contributed by atoms with Crippen molar-refractivity contribution >= 4 is 40.7 Å². The lowest BCUT2D eigenvalue weighted by atomic mass is 10.00. The molecule has 4 amide bonds. The molecule has 0 aliphatic carbocycles. The highest BCUT2D eigenvalue weighted by Crippen LogP contribution is 2.20. The van der Waals surface area contributed by atoms with E-state index in [-0.39, 0.29) is 30.5 Å². The molecule has 0 fully saturated rings. The average molecular weight is 616 g/mol. The monoisotopic (exact) mass is 615 g/mol. The van der Waals surface area contributed by atoms with Crippen molar-refractivity contribution in [3.05, 3.63) is 68.6 Å². The Kier molecular flexibility index (Phi) is 13.2. The van der Waals surface area contributed by atoms with Crippen LogP contribution in [0, 0.1) is 5.92 Å². The molecule has 3 rings (SSSR count). The molecule has 0 bridgehead atoms. The van der Waals surface area contributed by atoms with E-state index in [1.165, 1.54) is 16.2 Å². The zero-order chi connectivity index (χ0) is 30.5. The first kappa shape index (κ1) is 33.0. The van der Waals surface area contributed by atoms with E-state index in [1.54, 1.807) is 30.1 Å². The molecule has 0 saturated heterocycles. The van der Waals surface area contributed by atoms with Crippen molar-refractivity contribution in [1.29, 1.82) is 0 Å². The van der Waals surface area contributed by atoms with Gasteiger partial charge < -0.3 is 20.3 Å². The number of rotatable bonds is 15. The van der Waals surface area contributed by atoms with Crippen molar-refractivity contribution in [2.75, 3.05) is 13.6 Å². The van der Waals surface area contributed by atoms with Crippen LogP contribution >= 0.6 is 22.7 Å². The number of aromatic nitrogens is 2. The molecule has 3 aromatic rings. The van der Waals surface area contributed by atoms with Gasteiger partial charge in [-0.2, -0.15) is 0 Å². The number of carbonyl (C=O) groups excluding carboxylic acids is 3. The second-order valence-corrected chi connectivity index (χ2v) is 12.5. The Bertz CT molecular complexity index is 1250. The van der Waals surface area contributed by atoms with Gasteiger partial charge in [0.1, 0.15) is 12.6 Å². The number of ether oxygens (including phenoxy) is 1. The Morgan fingerprint density at radius 1 is 1.05 bits per heavy atom. The van der Waals surface area contributed by atoms with Crippen LogP contribution < -0.4 is 21.5 Å². The summed E-state index contributed by atoms with van der Waals surface area (Å²) in [6.45, 7) is 8.85. The number of carbonyl (C=O) groups is 3. The van der Waals surface area contributed by atoms with Crippen LogP contribution in [0.4, 0.5) is 9.59 Å². The van der Waals surface area contributed by atoms with Gasteiger partial charge in [0, 0.05) is 37.1 Å². The van der Waals surface area contributed by atoms with Crippen molar-refractivity contribution < 1.29 is 19.1 Å². The van der Waals surface area contributed by atoms with E-state index in [1.807, 2.05) is 49.6 Å². The van der Waals surface area contributed by atoms with Crippen LogP contribution in [0.5, 0.6) is 0 Å². The number of nitrogens with zero attached hydrogens (tertiary/aromatic N) is 3. The number of thiazole rings is 2. The number of nitrogens with one attached hydrogen (secondary N) is 4. The van der Waals surface area contributed by atoms with Crippen molar-refractivity contribution in [2.45, 2.75) is 71.7 Å². The number of benzene rings is 1. The highest BCUT2D eigenvalue weighted by Gasteiger charge is 2.27. The number of urea groups is 1. The standard InChI is InChI=1S/C29H41N7O4S2/c1-19(2)25(34-28(38)36(5)15-23-17-41-27(33-23)20(3)4)26(37)32-22(13-21-9-7-6-8-10-21)11-12-31-35-29(39)40-16-24-14-30-18-42-24/h6-10,14,17-20,22,25,31H,11-13,15-16H2,1-5H3,(H,32,37)(H,34,38)(H,35,39)/t22-,25+/m1/s1. The Morgan fingerprint density at radius 3 is 2.45 bits per heavy atom. The maximum Gasteiger partial charge on any atom is 0.421 e. The average Bonchev–Trinajstić information content (AvgIpc) is 3.65. The van der Waals surface area contributed by atoms with Crippen molar-refractivity contribution in [3.8, 4) is 0 Å². The van der Waals surface area contributed by atoms with Crippen LogP contribution in [0.25, 0.3) is 0 Å². The van der Waals surface area contributed by atoms with Crippen molar-refractivity contribution in [3.63, 3.8) is 0 Å². The van der Waals surface area contributed by atoms with Crippen molar-refractivity contribution in [2.24, 2.45) is 5.92 Å². The third-order valence-electron chi connectivity index (χ3n) is 6.35. The van der Waals surface area contributed by atoms with Gasteiger partial charge in [0.05, 0.1) is 27.6 Å². The summed E-state index contributed by atoms with van der Waals surface area (Å²) in [6.07, 6.45) is 2.16. The van der Waals surface area contributed by atoms with Gasteiger partial charge in [-0.05, 0) is 24.3 Å². The van der Waals surface area contributed by atoms with Crippen LogP contribution in [-0.4, -0.2) is 58.6 Å². The largest absolute Gasteiger partial charge is 0.443 e. The first-order chi connectivity index (χ1) is 20.1. The van der Waals surface area contributed by atoms with Crippen LogP contribution in [-0.2, 0) is 29.1 Å². The van der Waals surface area contributed by atoms with Crippen LogP contribution in [0.1, 0.15) is 61.2 Å². The third kappa shape index (κ3) is 11.0. The fraction of sp³-hybridized carbons (Fsp3) is 0.483. The van der Waals surface area contributed by atoms with Gasteiger partial charge in [0.25, 0.3) is 0 Å². The molecular formula is C29H41N7O4S2.